The number of benzene rings is 1. The number of hydrogen-bond donors (Lipinski definition) is 0. The first-order valence-electron chi connectivity index (χ1n) is 9.26. The number of piperidine rings is 1. The Bertz CT molecular complexity index is 567. The molecule has 0 aliphatic carbocycles. The molecule has 0 N–H and O–H groups in total. The van der Waals surface area contributed by atoms with E-state index in [2.05, 4.69) is 41.8 Å². The van der Waals surface area contributed by atoms with Gasteiger partial charge in [-0.25, -0.2) is 0 Å². The van der Waals surface area contributed by atoms with Gasteiger partial charge in [0.1, 0.15) is 0 Å². The van der Waals surface area contributed by atoms with Crippen molar-refractivity contribution < 1.29 is 9.53 Å². The average molecular weight is 330 g/mol. The summed E-state index contributed by atoms with van der Waals surface area (Å²) in [6, 6.07) is 6.39. The summed E-state index contributed by atoms with van der Waals surface area (Å²) >= 11 is 0. The van der Waals surface area contributed by atoms with Gasteiger partial charge in [-0.05, 0) is 43.7 Å². The van der Waals surface area contributed by atoms with Crippen LogP contribution in [0.3, 0.4) is 0 Å². The summed E-state index contributed by atoms with van der Waals surface area (Å²) in [5.41, 5.74) is 3.62. The fraction of sp³-hybridized carbons (Fsp3) is 0.650. The highest BCUT2D eigenvalue weighted by Gasteiger charge is 2.26. The first kappa shape index (κ1) is 17.4. The van der Waals surface area contributed by atoms with Crippen LogP contribution in [-0.2, 0) is 16.0 Å². The van der Waals surface area contributed by atoms with Gasteiger partial charge in [0.25, 0.3) is 0 Å². The molecule has 2 aliphatic heterocycles. The molecular formula is C20H30N2O2. The zero-order valence-electron chi connectivity index (χ0n) is 15.1. The molecule has 0 aromatic heterocycles. The number of aryl methyl sites for hydroxylation is 2. The minimum Gasteiger partial charge on any atom is -0.379 e. The predicted molar refractivity (Wildman–Crippen MR) is 96.2 cm³/mol. The fourth-order valence-corrected chi connectivity index (χ4v) is 3.85. The van der Waals surface area contributed by atoms with Crippen LogP contribution in [-0.4, -0.2) is 61.6 Å². The summed E-state index contributed by atoms with van der Waals surface area (Å²) < 4.78 is 5.43. The summed E-state index contributed by atoms with van der Waals surface area (Å²) in [5.74, 6) is 0.898. The first-order chi connectivity index (χ1) is 11.6. The lowest BCUT2D eigenvalue weighted by molar-refractivity contribution is -0.132. The molecule has 132 valence electrons. The molecule has 0 spiro atoms. The van der Waals surface area contributed by atoms with Crippen molar-refractivity contribution in [3.05, 3.63) is 34.9 Å². The molecule has 2 aliphatic rings. The average Bonchev–Trinajstić information content (AvgIpc) is 2.59. The van der Waals surface area contributed by atoms with Gasteiger partial charge in [-0.1, -0.05) is 23.8 Å². The number of carbonyl (C=O) groups excluding carboxylic acids is 1. The normalized spacial score (nSPS) is 22.6. The van der Waals surface area contributed by atoms with Crippen LogP contribution in [0.2, 0.25) is 0 Å². The highest BCUT2D eigenvalue weighted by molar-refractivity contribution is 5.79. The molecule has 4 nitrogen and oxygen atoms in total. The number of amides is 1. The molecular weight excluding hydrogens is 300 g/mol. The van der Waals surface area contributed by atoms with E-state index in [1.54, 1.807) is 0 Å². The monoisotopic (exact) mass is 330 g/mol. The number of hydrogen-bond acceptors (Lipinski definition) is 3. The highest BCUT2D eigenvalue weighted by atomic mass is 16.5. The summed E-state index contributed by atoms with van der Waals surface area (Å²) in [7, 11) is 0. The Morgan fingerprint density at radius 1 is 1.21 bits per heavy atom. The quantitative estimate of drug-likeness (QED) is 0.850. The topological polar surface area (TPSA) is 32.8 Å². The molecule has 1 aromatic rings. The Morgan fingerprint density at radius 3 is 2.79 bits per heavy atom. The third-order valence-electron chi connectivity index (χ3n) is 5.34. The molecule has 1 amide bonds. The number of likely N-dealkylation sites (tertiary alicyclic amines) is 1. The Hall–Kier alpha value is -1.39. The van der Waals surface area contributed by atoms with Crippen LogP contribution in [0.25, 0.3) is 0 Å². The van der Waals surface area contributed by atoms with E-state index >= 15 is 0 Å². The van der Waals surface area contributed by atoms with Crippen molar-refractivity contribution in [1.29, 1.82) is 0 Å². The van der Waals surface area contributed by atoms with Crippen LogP contribution in [0.5, 0.6) is 0 Å². The van der Waals surface area contributed by atoms with Gasteiger partial charge in [-0.3, -0.25) is 9.69 Å². The van der Waals surface area contributed by atoms with Gasteiger partial charge in [-0.15, -0.1) is 0 Å². The van der Waals surface area contributed by atoms with Crippen molar-refractivity contribution in [1.82, 2.24) is 9.80 Å². The smallest absolute Gasteiger partial charge is 0.227 e. The van der Waals surface area contributed by atoms with Crippen LogP contribution >= 0.6 is 0 Å². The minimum absolute atomic E-state index is 0.287. The molecule has 24 heavy (non-hydrogen) atoms. The molecule has 2 saturated heterocycles. The number of rotatable bonds is 4. The van der Waals surface area contributed by atoms with Crippen molar-refractivity contribution in [2.45, 2.75) is 33.1 Å². The molecule has 1 aromatic carbocycles. The zero-order valence-corrected chi connectivity index (χ0v) is 15.1. The van der Waals surface area contributed by atoms with Crippen molar-refractivity contribution in [2.24, 2.45) is 5.92 Å². The first-order valence-corrected chi connectivity index (χ1v) is 9.26. The van der Waals surface area contributed by atoms with Gasteiger partial charge in [0.15, 0.2) is 0 Å². The molecule has 0 saturated carbocycles. The Kier molecular flexibility index (Phi) is 5.90. The maximum atomic E-state index is 12.8. The van der Waals surface area contributed by atoms with Crippen LogP contribution in [0.15, 0.2) is 18.2 Å². The lowest BCUT2D eigenvalue weighted by Gasteiger charge is -2.37. The maximum Gasteiger partial charge on any atom is 0.227 e. The molecule has 0 radical (unpaired) electrons. The molecule has 2 fully saturated rings. The Labute approximate surface area is 145 Å². The SMILES string of the molecule is Cc1ccc(C)c(CC(=O)N2CCC[C@@H](CN3CCOCC3)C2)c1. The Morgan fingerprint density at radius 2 is 2.00 bits per heavy atom. The summed E-state index contributed by atoms with van der Waals surface area (Å²) in [6.45, 7) is 10.9. The van der Waals surface area contributed by atoms with E-state index in [4.69, 9.17) is 4.74 Å². The second kappa shape index (κ2) is 8.13. The van der Waals surface area contributed by atoms with Gasteiger partial charge in [0, 0.05) is 32.7 Å². The maximum absolute atomic E-state index is 12.8. The second-order valence-corrected chi connectivity index (χ2v) is 7.37. The van der Waals surface area contributed by atoms with E-state index in [9.17, 15) is 4.79 Å². The van der Waals surface area contributed by atoms with Crippen molar-refractivity contribution in [3.63, 3.8) is 0 Å². The van der Waals surface area contributed by atoms with Gasteiger partial charge in [0.05, 0.1) is 19.6 Å². The van der Waals surface area contributed by atoms with Gasteiger partial charge >= 0.3 is 0 Å². The molecule has 3 rings (SSSR count). The standard InChI is InChI=1S/C20H30N2O2/c1-16-5-6-17(2)19(12-16)13-20(23)22-7-3-4-18(15-22)14-21-8-10-24-11-9-21/h5-6,12,18H,3-4,7-11,13-15H2,1-2H3/t18-/m0/s1. The van der Waals surface area contributed by atoms with Crippen LogP contribution in [0.4, 0.5) is 0 Å². The summed E-state index contributed by atoms with van der Waals surface area (Å²) in [4.78, 5) is 17.3. The zero-order chi connectivity index (χ0) is 16.9. The van der Waals surface area contributed by atoms with Crippen LogP contribution in [0.1, 0.15) is 29.5 Å². The molecule has 0 unspecified atom stereocenters. The van der Waals surface area contributed by atoms with Crippen molar-refractivity contribution in [3.8, 4) is 0 Å². The van der Waals surface area contributed by atoms with E-state index in [0.717, 1.165) is 52.4 Å². The largest absolute Gasteiger partial charge is 0.379 e. The van der Waals surface area contributed by atoms with Crippen molar-refractivity contribution >= 4 is 5.91 Å². The van der Waals surface area contributed by atoms with Crippen LogP contribution in [0, 0.1) is 19.8 Å². The third-order valence-corrected chi connectivity index (χ3v) is 5.34. The van der Waals surface area contributed by atoms with Gasteiger partial charge in [-0.2, -0.15) is 0 Å². The summed E-state index contributed by atoms with van der Waals surface area (Å²) in [6.07, 6.45) is 2.91. The van der Waals surface area contributed by atoms with E-state index in [0.29, 0.717) is 12.3 Å². The van der Waals surface area contributed by atoms with Gasteiger partial charge < -0.3 is 9.64 Å². The number of nitrogens with zero attached hydrogens (tertiary/aromatic N) is 2. The predicted octanol–water partition coefficient (Wildman–Crippen LogP) is 2.42. The van der Waals surface area contributed by atoms with E-state index in [-0.39, 0.29) is 5.91 Å². The molecule has 0 bridgehead atoms. The minimum atomic E-state index is 0.287. The summed E-state index contributed by atoms with van der Waals surface area (Å²) in [5, 5.41) is 0. The number of ether oxygens (including phenoxy) is 1. The van der Waals surface area contributed by atoms with E-state index in [1.165, 1.54) is 23.1 Å². The number of carbonyl (C=O) groups is 1. The Balaban J connectivity index is 1.55. The molecule has 4 heteroatoms. The van der Waals surface area contributed by atoms with E-state index < -0.39 is 0 Å². The lowest BCUT2D eigenvalue weighted by atomic mass is 9.96. The second-order valence-electron chi connectivity index (χ2n) is 7.37. The molecule has 2 heterocycles. The highest BCUT2D eigenvalue weighted by Crippen LogP contribution is 2.20. The lowest BCUT2D eigenvalue weighted by Crippen LogP contribution is -2.46. The fourth-order valence-electron chi connectivity index (χ4n) is 3.85. The van der Waals surface area contributed by atoms with Crippen LogP contribution < -0.4 is 0 Å². The molecule has 1 atom stereocenters. The van der Waals surface area contributed by atoms with E-state index in [1.807, 2.05) is 0 Å². The third kappa shape index (κ3) is 4.58. The van der Waals surface area contributed by atoms with Gasteiger partial charge in [0.2, 0.25) is 5.91 Å². The number of morpholine rings is 1. The van der Waals surface area contributed by atoms with Crippen molar-refractivity contribution in [2.75, 3.05) is 45.9 Å².